The monoisotopic (exact) mass is 493 g/mol. The van der Waals surface area contributed by atoms with Crippen LogP contribution in [-0.4, -0.2) is 82.9 Å². The van der Waals surface area contributed by atoms with Crippen molar-refractivity contribution in [1.82, 2.24) is 21.3 Å². The van der Waals surface area contributed by atoms with Crippen LogP contribution in [0.2, 0.25) is 0 Å². The minimum atomic E-state index is -1.28. The summed E-state index contributed by atoms with van der Waals surface area (Å²) in [4.78, 5) is 49.8. The first-order chi connectivity index (χ1) is 16.7. The number of benzene rings is 1. The number of carboxylic acids is 1. The zero-order valence-electron chi connectivity index (χ0n) is 19.5. The molecule has 0 saturated carbocycles. The van der Waals surface area contributed by atoms with E-state index in [-0.39, 0.29) is 18.6 Å². The van der Waals surface area contributed by atoms with E-state index in [9.17, 15) is 34.5 Å². The Balaban J connectivity index is 2.05. The minimum Gasteiger partial charge on any atom is -0.508 e. The van der Waals surface area contributed by atoms with Crippen molar-refractivity contribution in [1.29, 1.82) is 0 Å². The summed E-state index contributed by atoms with van der Waals surface area (Å²) in [6.07, 6.45) is 2.68. The fourth-order valence-corrected chi connectivity index (χ4v) is 3.75. The van der Waals surface area contributed by atoms with Crippen molar-refractivity contribution in [3.8, 4) is 5.75 Å². The minimum absolute atomic E-state index is 0.0292. The van der Waals surface area contributed by atoms with E-state index in [1.54, 1.807) is 12.1 Å². The van der Waals surface area contributed by atoms with Crippen molar-refractivity contribution in [3.63, 3.8) is 0 Å². The standard InChI is InChI=1S/C23H35N5O7/c24-10-2-1-4-17(26-22(33)19(13-29)28-20(31)16-5-3-11-25-16)21(32)27-18(23(34)35)12-14-6-8-15(30)9-7-14/h6-9,16-19,25,29-30H,1-5,10-13,24H2,(H,26,33)(H,27,32)(H,28,31)(H,34,35). The van der Waals surface area contributed by atoms with Crippen molar-refractivity contribution in [2.75, 3.05) is 19.7 Å². The number of aromatic hydroxyl groups is 1. The molecule has 3 amide bonds. The second kappa shape index (κ2) is 14.2. The maximum absolute atomic E-state index is 13.0. The summed E-state index contributed by atoms with van der Waals surface area (Å²) in [6, 6.07) is 1.84. The molecule has 35 heavy (non-hydrogen) atoms. The summed E-state index contributed by atoms with van der Waals surface area (Å²) >= 11 is 0. The summed E-state index contributed by atoms with van der Waals surface area (Å²) in [6.45, 7) is 0.400. The smallest absolute Gasteiger partial charge is 0.326 e. The number of nitrogens with two attached hydrogens (primary N) is 1. The van der Waals surface area contributed by atoms with E-state index >= 15 is 0 Å². The predicted octanol–water partition coefficient (Wildman–Crippen LogP) is -1.65. The normalized spacial score (nSPS) is 17.7. The van der Waals surface area contributed by atoms with Crippen molar-refractivity contribution in [2.45, 2.75) is 62.7 Å². The molecule has 194 valence electrons. The largest absolute Gasteiger partial charge is 0.508 e. The van der Waals surface area contributed by atoms with Crippen LogP contribution < -0.4 is 27.0 Å². The summed E-state index contributed by atoms with van der Waals surface area (Å²) in [7, 11) is 0. The van der Waals surface area contributed by atoms with Crippen LogP contribution in [0.4, 0.5) is 0 Å². The number of unbranched alkanes of at least 4 members (excludes halogenated alkanes) is 1. The molecule has 1 heterocycles. The van der Waals surface area contributed by atoms with Crippen LogP contribution in [0.15, 0.2) is 24.3 Å². The summed E-state index contributed by atoms with van der Waals surface area (Å²) < 4.78 is 0. The lowest BCUT2D eigenvalue weighted by atomic mass is 10.0. The number of hydrogen-bond acceptors (Lipinski definition) is 8. The third-order valence-corrected chi connectivity index (χ3v) is 5.76. The third kappa shape index (κ3) is 9.15. The highest BCUT2D eigenvalue weighted by molar-refractivity contribution is 5.94. The zero-order chi connectivity index (χ0) is 25.8. The molecule has 9 N–H and O–H groups in total. The molecule has 1 aromatic carbocycles. The van der Waals surface area contributed by atoms with E-state index in [0.29, 0.717) is 37.9 Å². The topological polar surface area (TPSA) is 203 Å². The Morgan fingerprint density at radius 3 is 2.23 bits per heavy atom. The highest BCUT2D eigenvalue weighted by Gasteiger charge is 2.31. The maximum atomic E-state index is 13.0. The molecule has 4 atom stereocenters. The van der Waals surface area contributed by atoms with Crippen molar-refractivity contribution in [2.24, 2.45) is 5.73 Å². The Bertz CT molecular complexity index is 858. The summed E-state index contributed by atoms with van der Waals surface area (Å²) in [5.74, 6) is -3.11. The Kier molecular flexibility index (Phi) is 11.4. The molecule has 0 radical (unpaired) electrons. The van der Waals surface area contributed by atoms with Gasteiger partial charge in [0.1, 0.15) is 23.9 Å². The molecule has 2 rings (SSSR count). The van der Waals surface area contributed by atoms with Gasteiger partial charge in [0, 0.05) is 6.42 Å². The van der Waals surface area contributed by atoms with Gasteiger partial charge in [0.05, 0.1) is 12.6 Å². The Morgan fingerprint density at radius 1 is 1.00 bits per heavy atom. The molecule has 4 unspecified atom stereocenters. The average Bonchev–Trinajstić information content (AvgIpc) is 3.37. The number of phenolic OH excluding ortho intramolecular Hbond substituents is 1. The third-order valence-electron chi connectivity index (χ3n) is 5.76. The number of hydrogen-bond donors (Lipinski definition) is 8. The SMILES string of the molecule is NCCCCC(NC(=O)C(CO)NC(=O)C1CCCN1)C(=O)NC(Cc1ccc(O)cc1)C(=O)O. The number of carbonyl (C=O) groups excluding carboxylic acids is 3. The number of amides is 3. The number of aliphatic carboxylic acids is 1. The van der Waals surface area contributed by atoms with Crippen LogP contribution >= 0.6 is 0 Å². The molecule has 1 saturated heterocycles. The van der Waals surface area contributed by atoms with Gasteiger partial charge in [-0.2, -0.15) is 0 Å². The number of aliphatic hydroxyl groups excluding tert-OH is 1. The van der Waals surface area contributed by atoms with Gasteiger partial charge in [-0.15, -0.1) is 0 Å². The lowest BCUT2D eigenvalue weighted by Gasteiger charge is -2.24. The molecule has 0 aromatic heterocycles. The number of carboxylic acid groups (broad SMARTS) is 1. The molecule has 0 aliphatic carbocycles. The number of rotatable bonds is 14. The van der Waals surface area contributed by atoms with E-state index in [0.717, 1.165) is 6.42 Å². The van der Waals surface area contributed by atoms with E-state index in [2.05, 4.69) is 21.3 Å². The molecule has 0 bridgehead atoms. The predicted molar refractivity (Wildman–Crippen MR) is 126 cm³/mol. The van der Waals surface area contributed by atoms with Gasteiger partial charge in [-0.3, -0.25) is 14.4 Å². The lowest BCUT2D eigenvalue weighted by Crippen LogP contribution is -2.58. The van der Waals surface area contributed by atoms with Crippen molar-refractivity contribution < 1.29 is 34.5 Å². The van der Waals surface area contributed by atoms with Gasteiger partial charge in [-0.1, -0.05) is 12.1 Å². The second-order valence-electron chi connectivity index (χ2n) is 8.51. The van der Waals surface area contributed by atoms with E-state index in [1.807, 2.05) is 0 Å². The second-order valence-corrected chi connectivity index (χ2v) is 8.51. The van der Waals surface area contributed by atoms with E-state index in [4.69, 9.17) is 5.73 Å². The van der Waals surface area contributed by atoms with E-state index in [1.165, 1.54) is 12.1 Å². The van der Waals surface area contributed by atoms with Gasteiger partial charge in [-0.25, -0.2) is 4.79 Å². The molecule has 1 aliphatic rings. The van der Waals surface area contributed by atoms with Crippen molar-refractivity contribution in [3.05, 3.63) is 29.8 Å². The van der Waals surface area contributed by atoms with Crippen LogP contribution in [0, 0.1) is 0 Å². The van der Waals surface area contributed by atoms with Gasteiger partial charge in [0.2, 0.25) is 17.7 Å². The van der Waals surface area contributed by atoms with E-state index < -0.39 is 54.5 Å². The number of nitrogens with one attached hydrogen (secondary N) is 4. The summed E-state index contributed by atoms with van der Waals surface area (Å²) in [5, 5.41) is 39.1. The van der Waals surface area contributed by atoms with Gasteiger partial charge >= 0.3 is 5.97 Å². The Labute approximate surface area is 203 Å². The number of carbonyl (C=O) groups is 4. The lowest BCUT2D eigenvalue weighted by molar-refractivity contribution is -0.142. The first kappa shape index (κ1) is 28.0. The zero-order valence-corrected chi connectivity index (χ0v) is 19.5. The number of phenols is 1. The average molecular weight is 494 g/mol. The van der Waals surface area contributed by atoms with Gasteiger partial charge in [0.15, 0.2) is 0 Å². The Morgan fingerprint density at radius 2 is 1.66 bits per heavy atom. The van der Waals surface area contributed by atoms with Crippen LogP contribution in [0.25, 0.3) is 0 Å². The van der Waals surface area contributed by atoms with Gasteiger partial charge in [0.25, 0.3) is 0 Å². The molecule has 12 nitrogen and oxygen atoms in total. The first-order valence-electron chi connectivity index (χ1n) is 11.7. The molecule has 0 spiro atoms. The van der Waals surface area contributed by atoms with Crippen LogP contribution in [0.3, 0.4) is 0 Å². The molecular formula is C23H35N5O7. The molecular weight excluding hydrogens is 458 g/mol. The highest BCUT2D eigenvalue weighted by Crippen LogP contribution is 2.12. The number of aliphatic hydroxyl groups is 1. The van der Waals surface area contributed by atoms with Crippen LogP contribution in [-0.2, 0) is 25.6 Å². The fraction of sp³-hybridized carbons (Fsp3) is 0.565. The van der Waals surface area contributed by atoms with Crippen LogP contribution in [0.5, 0.6) is 5.75 Å². The first-order valence-corrected chi connectivity index (χ1v) is 11.7. The summed E-state index contributed by atoms with van der Waals surface area (Å²) in [5.41, 5.74) is 6.11. The Hall–Kier alpha value is -3.22. The molecule has 12 heteroatoms. The maximum Gasteiger partial charge on any atom is 0.326 e. The highest BCUT2D eigenvalue weighted by atomic mass is 16.4. The molecule has 1 aliphatic heterocycles. The fourth-order valence-electron chi connectivity index (χ4n) is 3.75. The molecule has 1 aromatic rings. The van der Waals surface area contributed by atoms with Crippen LogP contribution in [0.1, 0.15) is 37.7 Å². The van der Waals surface area contributed by atoms with Crippen molar-refractivity contribution >= 4 is 23.7 Å². The van der Waals surface area contributed by atoms with Gasteiger partial charge in [-0.05, 0) is 62.9 Å². The quantitative estimate of drug-likeness (QED) is 0.140. The van der Waals surface area contributed by atoms with Gasteiger partial charge < -0.3 is 42.3 Å². The molecule has 1 fully saturated rings.